The maximum Gasteiger partial charge on any atom is 0.162 e. The SMILES string of the molecule is O=S(CC=Cc1ccccc1)Cc1csc(-c2ccco2)n1. The van der Waals surface area contributed by atoms with Gasteiger partial charge < -0.3 is 4.42 Å². The highest BCUT2D eigenvalue weighted by Crippen LogP contribution is 2.24. The molecule has 3 nitrogen and oxygen atoms in total. The van der Waals surface area contributed by atoms with Gasteiger partial charge in [-0.1, -0.05) is 42.5 Å². The molecule has 5 heteroatoms. The lowest BCUT2D eigenvalue weighted by Gasteiger charge is -1.96. The van der Waals surface area contributed by atoms with E-state index in [-0.39, 0.29) is 0 Å². The van der Waals surface area contributed by atoms with Crippen LogP contribution in [0.5, 0.6) is 0 Å². The van der Waals surface area contributed by atoms with Gasteiger partial charge in [0.1, 0.15) is 0 Å². The lowest BCUT2D eigenvalue weighted by atomic mass is 10.2. The molecule has 2 aromatic heterocycles. The monoisotopic (exact) mass is 329 g/mol. The van der Waals surface area contributed by atoms with Crippen molar-refractivity contribution in [1.29, 1.82) is 0 Å². The van der Waals surface area contributed by atoms with Gasteiger partial charge in [-0.2, -0.15) is 0 Å². The largest absolute Gasteiger partial charge is 0.462 e. The van der Waals surface area contributed by atoms with E-state index in [2.05, 4.69) is 4.98 Å². The molecule has 0 fully saturated rings. The first kappa shape index (κ1) is 14.9. The summed E-state index contributed by atoms with van der Waals surface area (Å²) >= 11 is 1.51. The minimum Gasteiger partial charge on any atom is -0.462 e. The molecule has 112 valence electrons. The Morgan fingerprint density at radius 2 is 2.05 bits per heavy atom. The second kappa shape index (κ2) is 7.33. The summed E-state index contributed by atoms with van der Waals surface area (Å²) in [5.41, 5.74) is 1.97. The summed E-state index contributed by atoms with van der Waals surface area (Å²) in [6.45, 7) is 0. The van der Waals surface area contributed by atoms with Crippen LogP contribution >= 0.6 is 11.3 Å². The third-order valence-electron chi connectivity index (χ3n) is 2.98. The molecule has 0 saturated carbocycles. The van der Waals surface area contributed by atoms with Gasteiger partial charge in [-0.25, -0.2) is 4.98 Å². The molecule has 0 aliphatic heterocycles. The highest BCUT2D eigenvalue weighted by molar-refractivity contribution is 7.84. The summed E-state index contributed by atoms with van der Waals surface area (Å²) in [5, 5.41) is 2.77. The van der Waals surface area contributed by atoms with E-state index in [9.17, 15) is 4.21 Å². The van der Waals surface area contributed by atoms with Crippen molar-refractivity contribution in [2.45, 2.75) is 5.75 Å². The maximum atomic E-state index is 12.1. The van der Waals surface area contributed by atoms with Crippen molar-refractivity contribution < 1.29 is 8.63 Å². The summed E-state index contributed by atoms with van der Waals surface area (Å²) in [4.78, 5) is 4.47. The zero-order chi connectivity index (χ0) is 15.2. The van der Waals surface area contributed by atoms with E-state index in [0.29, 0.717) is 11.5 Å². The molecule has 1 atom stereocenters. The van der Waals surface area contributed by atoms with Crippen molar-refractivity contribution in [3.8, 4) is 10.8 Å². The minimum absolute atomic E-state index is 0.469. The summed E-state index contributed by atoms with van der Waals surface area (Å²) in [6, 6.07) is 13.7. The normalized spacial score (nSPS) is 12.7. The van der Waals surface area contributed by atoms with Crippen LogP contribution in [0.1, 0.15) is 11.3 Å². The summed E-state index contributed by atoms with van der Waals surface area (Å²) in [6.07, 6.45) is 5.57. The van der Waals surface area contributed by atoms with Gasteiger partial charge in [-0.05, 0) is 17.7 Å². The van der Waals surface area contributed by atoms with Crippen molar-refractivity contribution in [1.82, 2.24) is 4.98 Å². The first-order chi connectivity index (χ1) is 10.8. The number of hydrogen-bond donors (Lipinski definition) is 0. The van der Waals surface area contributed by atoms with Crippen LogP contribution in [0, 0.1) is 0 Å². The van der Waals surface area contributed by atoms with Crippen LogP contribution in [0.3, 0.4) is 0 Å². The lowest BCUT2D eigenvalue weighted by Crippen LogP contribution is -1.99. The van der Waals surface area contributed by atoms with Gasteiger partial charge in [-0.3, -0.25) is 4.21 Å². The van der Waals surface area contributed by atoms with E-state index in [1.54, 1.807) is 6.26 Å². The molecule has 2 heterocycles. The van der Waals surface area contributed by atoms with Crippen LogP contribution in [0.4, 0.5) is 0 Å². The molecule has 22 heavy (non-hydrogen) atoms. The zero-order valence-corrected chi connectivity index (χ0v) is 13.5. The molecular formula is C17H15NO2S2. The fraction of sp³-hybridized carbons (Fsp3) is 0.118. The smallest absolute Gasteiger partial charge is 0.162 e. The summed E-state index contributed by atoms with van der Waals surface area (Å²) in [7, 11) is -0.951. The van der Waals surface area contributed by atoms with Gasteiger partial charge in [0.15, 0.2) is 10.8 Å². The second-order valence-electron chi connectivity index (χ2n) is 4.69. The Hall–Kier alpha value is -1.98. The lowest BCUT2D eigenvalue weighted by molar-refractivity contribution is 0.581. The first-order valence-electron chi connectivity index (χ1n) is 6.86. The first-order valence-corrected chi connectivity index (χ1v) is 9.23. The Morgan fingerprint density at radius 1 is 1.18 bits per heavy atom. The number of aromatic nitrogens is 1. The number of thiazole rings is 1. The van der Waals surface area contributed by atoms with Gasteiger partial charge in [0.05, 0.1) is 17.7 Å². The van der Waals surface area contributed by atoms with Crippen molar-refractivity contribution in [2.75, 3.05) is 5.75 Å². The molecule has 0 spiro atoms. The van der Waals surface area contributed by atoms with Gasteiger partial charge in [0, 0.05) is 21.9 Å². The van der Waals surface area contributed by atoms with Gasteiger partial charge in [0.25, 0.3) is 0 Å². The molecule has 0 amide bonds. The average molecular weight is 329 g/mol. The van der Waals surface area contributed by atoms with E-state index < -0.39 is 10.8 Å². The Labute approximate surface area is 135 Å². The Bertz CT molecular complexity index is 761. The van der Waals surface area contributed by atoms with Crippen LogP contribution in [-0.4, -0.2) is 14.9 Å². The highest BCUT2D eigenvalue weighted by Gasteiger charge is 2.09. The second-order valence-corrected chi connectivity index (χ2v) is 7.04. The van der Waals surface area contributed by atoms with Gasteiger partial charge in [-0.15, -0.1) is 11.3 Å². The summed E-state index contributed by atoms with van der Waals surface area (Å²) < 4.78 is 17.4. The fourth-order valence-corrected chi connectivity index (χ4v) is 3.76. The van der Waals surface area contributed by atoms with Crippen LogP contribution in [0.15, 0.2) is 64.6 Å². The van der Waals surface area contributed by atoms with Crippen LogP contribution in [-0.2, 0) is 16.6 Å². The molecule has 0 saturated heterocycles. The van der Waals surface area contributed by atoms with Crippen molar-refractivity contribution in [3.63, 3.8) is 0 Å². The number of benzene rings is 1. The third kappa shape index (κ3) is 4.02. The van der Waals surface area contributed by atoms with E-state index in [4.69, 9.17) is 4.42 Å². The van der Waals surface area contributed by atoms with Gasteiger partial charge in [0.2, 0.25) is 0 Å². The number of nitrogens with zero attached hydrogens (tertiary/aromatic N) is 1. The summed E-state index contributed by atoms with van der Waals surface area (Å²) in [5.74, 6) is 1.75. The fourth-order valence-electron chi connectivity index (χ4n) is 1.97. The van der Waals surface area contributed by atoms with Gasteiger partial charge >= 0.3 is 0 Å². The molecule has 0 bridgehead atoms. The third-order valence-corrected chi connectivity index (χ3v) is 5.07. The van der Waals surface area contributed by atoms with Crippen molar-refractivity contribution >= 4 is 28.2 Å². The van der Waals surface area contributed by atoms with E-state index in [1.165, 1.54) is 11.3 Å². The predicted molar refractivity (Wildman–Crippen MR) is 92.0 cm³/mol. The maximum absolute atomic E-state index is 12.1. The average Bonchev–Trinajstić information content (AvgIpc) is 3.19. The van der Waals surface area contributed by atoms with Crippen molar-refractivity contribution in [3.05, 3.63) is 71.4 Å². The van der Waals surface area contributed by atoms with Crippen LogP contribution in [0.2, 0.25) is 0 Å². The number of hydrogen-bond acceptors (Lipinski definition) is 4. The molecule has 0 N–H and O–H groups in total. The number of rotatable bonds is 6. The molecule has 3 aromatic rings. The molecule has 0 aliphatic carbocycles. The Balaban J connectivity index is 1.55. The molecule has 0 aliphatic rings. The molecule has 0 radical (unpaired) electrons. The Kier molecular flexibility index (Phi) is 4.98. The highest BCUT2D eigenvalue weighted by atomic mass is 32.2. The number of furan rings is 1. The topological polar surface area (TPSA) is 43.1 Å². The molecule has 1 aromatic carbocycles. The minimum atomic E-state index is -0.951. The van der Waals surface area contributed by atoms with E-state index in [0.717, 1.165) is 22.0 Å². The quantitative estimate of drug-likeness (QED) is 0.674. The van der Waals surface area contributed by atoms with Crippen LogP contribution < -0.4 is 0 Å². The van der Waals surface area contributed by atoms with E-state index in [1.807, 2.05) is 60.0 Å². The molecule has 1 unspecified atom stereocenters. The molecular weight excluding hydrogens is 314 g/mol. The van der Waals surface area contributed by atoms with Crippen molar-refractivity contribution in [2.24, 2.45) is 0 Å². The molecule has 3 rings (SSSR count). The van der Waals surface area contributed by atoms with Crippen LogP contribution in [0.25, 0.3) is 16.8 Å². The Morgan fingerprint density at radius 3 is 2.82 bits per heavy atom. The van der Waals surface area contributed by atoms with E-state index >= 15 is 0 Å². The standard InChI is InChI=1S/C17H15NO2S2/c19-22(11-5-8-14-6-2-1-3-7-14)13-15-12-21-17(18-15)16-9-4-10-20-16/h1-10,12H,11,13H2. The zero-order valence-electron chi connectivity index (χ0n) is 11.8. The predicted octanol–water partition coefficient (Wildman–Crippen LogP) is 4.37.